The Labute approximate surface area is 132 Å². The molecule has 0 radical (unpaired) electrons. The van der Waals surface area contributed by atoms with Gasteiger partial charge in [-0.15, -0.1) is 0 Å². The molecule has 0 aliphatic carbocycles. The first-order valence-electron chi connectivity index (χ1n) is 7.40. The van der Waals surface area contributed by atoms with Crippen LogP contribution in [0.3, 0.4) is 0 Å². The van der Waals surface area contributed by atoms with E-state index in [1.165, 1.54) is 5.56 Å². The van der Waals surface area contributed by atoms with Gasteiger partial charge in [-0.3, -0.25) is 4.79 Å². The number of carboxylic acids is 1. The molecule has 1 aliphatic rings. The molecule has 122 valence electrons. The van der Waals surface area contributed by atoms with Crippen molar-refractivity contribution >= 4 is 13.1 Å². The summed E-state index contributed by atoms with van der Waals surface area (Å²) in [6.45, 7) is 9.26. The second-order valence-electron chi connectivity index (χ2n) is 6.50. The fraction of sp³-hybridized carbons (Fsp3) is 0.562. The second kappa shape index (κ2) is 7.27. The normalized spacial score (nSPS) is 20.0. The highest BCUT2D eigenvalue weighted by atomic mass is 16.7. The Kier molecular flexibility index (Phi) is 6.17. The zero-order valence-corrected chi connectivity index (χ0v) is 14.0. The maximum absolute atomic E-state index is 9.00. The molecule has 0 saturated carbocycles. The molecule has 3 N–H and O–H groups in total. The first kappa shape index (κ1) is 18.7. The van der Waals surface area contributed by atoms with Crippen LogP contribution in [0.25, 0.3) is 0 Å². The lowest BCUT2D eigenvalue weighted by molar-refractivity contribution is -0.134. The number of carbonyl (C=O) groups is 1. The lowest BCUT2D eigenvalue weighted by atomic mass is 9.75. The van der Waals surface area contributed by atoms with Gasteiger partial charge in [0.25, 0.3) is 5.97 Å². The first-order valence-corrected chi connectivity index (χ1v) is 7.40. The summed E-state index contributed by atoms with van der Waals surface area (Å²) in [6, 6.07) is 10.2. The van der Waals surface area contributed by atoms with Crippen molar-refractivity contribution < 1.29 is 19.2 Å². The molecule has 0 amide bonds. The van der Waals surface area contributed by atoms with Gasteiger partial charge in [0.1, 0.15) is 0 Å². The molecule has 1 aromatic carbocycles. The van der Waals surface area contributed by atoms with E-state index < -0.39 is 5.97 Å². The van der Waals surface area contributed by atoms with Crippen LogP contribution in [-0.2, 0) is 20.5 Å². The van der Waals surface area contributed by atoms with E-state index in [9.17, 15) is 0 Å². The van der Waals surface area contributed by atoms with E-state index in [-0.39, 0.29) is 24.3 Å². The summed E-state index contributed by atoms with van der Waals surface area (Å²) in [6.07, 6.45) is 0.762. The molecule has 0 spiro atoms. The first-order chi connectivity index (χ1) is 10.0. The van der Waals surface area contributed by atoms with Crippen molar-refractivity contribution in [2.75, 3.05) is 0 Å². The highest BCUT2D eigenvalue weighted by Gasteiger charge is 2.52. The molecular weight excluding hydrogens is 281 g/mol. The molecule has 0 bridgehead atoms. The zero-order valence-electron chi connectivity index (χ0n) is 14.0. The third kappa shape index (κ3) is 5.12. The van der Waals surface area contributed by atoms with E-state index in [2.05, 4.69) is 12.1 Å². The summed E-state index contributed by atoms with van der Waals surface area (Å²) in [7, 11) is -0.338. The molecule has 1 heterocycles. The standard InChI is InChI=1S/C14H22BNO2.C2H4O2/c1-13(2)14(3,4)18-15(17-13)12(16)10-11-8-6-5-7-9-11;1-2(3)4/h5-9,12H,10,16H2,1-4H3;1H3,(H,3,4)/t12-;/m1./s1. The summed E-state index contributed by atoms with van der Waals surface area (Å²) in [4.78, 5) is 9.00. The van der Waals surface area contributed by atoms with E-state index >= 15 is 0 Å². The lowest BCUT2D eigenvalue weighted by Gasteiger charge is -2.32. The topological polar surface area (TPSA) is 81.8 Å². The minimum Gasteiger partial charge on any atom is -0.481 e. The number of aliphatic carboxylic acids is 1. The summed E-state index contributed by atoms with van der Waals surface area (Å²) in [5.41, 5.74) is 6.78. The molecule has 1 aliphatic heterocycles. The van der Waals surface area contributed by atoms with Crippen LogP contribution in [0.15, 0.2) is 30.3 Å². The highest BCUT2D eigenvalue weighted by molar-refractivity contribution is 6.47. The van der Waals surface area contributed by atoms with Crippen LogP contribution in [0.4, 0.5) is 0 Å². The molecule has 2 rings (SSSR count). The summed E-state index contributed by atoms with van der Waals surface area (Å²) >= 11 is 0. The number of hydrogen-bond donors (Lipinski definition) is 2. The Balaban J connectivity index is 0.000000541. The molecule has 22 heavy (non-hydrogen) atoms. The van der Waals surface area contributed by atoms with Gasteiger partial charge in [-0.25, -0.2) is 0 Å². The predicted octanol–water partition coefficient (Wildman–Crippen LogP) is 2.28. The largest absolute Gasteiger partial charge is 0.481 e. The summed E-state index contributed by atoms with van der Waals surface area (Å²) in [5.74, 6) is -0.978. The maximum Gasteiger partial charge on any atom is 0.476 e. The van der Waals surface area contributed by atoms with Gasteiger partial charge in [-0.1, -0.05) is 30.3 Å². The Bertz CT molecular complexity index is 470. The van der Waals surface area contributed by atoms with Gasteiger partial charge in [0.15, 0.2) is 0 Å². The third-order valence-corrected chi connectivity index (χ3v) is 3.94. The summed E-state index contributed by atoms with van der Waals surface area (Å²) < 4.78 is 11.9. The van der Waals surface area contributed by atoms with Crippen molar-refractivity contribution in [3.8, 4) is 0 Å². The molecule has 6 heteroatoms. The van der Waals surface area contributed by atoms with Crippen LogP contribution in [0.2, 0.25) is 0 Å². The maximum atomic E-state index is 9.00. The average Bonchev–Trinajstić information content (AvgIpc) is 2.59. The number of carboxylic acid groups (broad SMARTS) is 1. The smallest absolute Gasteiger partial charge is 0.476 e. The van der Waals surface area contributed by atoms with Crippen molar-refractivity contribution in [3.63, 3.8) is 0 Å². The van der Waals surface area contributed by atoms with Crippen molar-refractivity contribution in [2.24, 2.45) is 5.73 Å². The molecule has 0 unspecified atom stereocenters. The Morgan fingerprint density at radius 3 is 2.00 bits per heavy atom. The molecule has 1 aromatic rings. The number of benzene rings is 1. The second-order valence-corrected chi connectivity index (χ2v) is 6.50. The van der Waals surface area contributed by atoms with Crippen molar-refractivity contribution in [1.82, 2.24) is 0 Å². The number of nitrogens with two attached hydrogens (primary N) is 1. The molecular formula is C16H26BNO4. The minimum atomic E-state index is -0.833. The third-order valence-electron chi connectivity index (χ3n) is 3.94. The van der Waals surface area contributed by atoms with Crippen LogP contribution in [0.5, 0.6) is 0 Å². The van der Waals surface area contributed by atoms with Gasteiger partial charge in [-0.2, -0.15) is 0 Å². The Morgan fingerprint density at radius 1 is 1.18 bits per heavy atom. The van der Waals surface area contributed by atoms with Crippen molar-refractivity contribution in [2.45, 2.75) is 58.2 Å². The predicted molar refractivity (Wildman–Crippen MR) is 87.5 cm³/mol. The van der Waals surface area contributed by atoms with E-state index in [0.717, 1.165) is 13.3 Å². The number of rotatable bonds is 3. The Hall–Kier alpha value is -1.37. The van der Waals surface area contributed by atoms with Gasteiger partial charge in [0.2, 0.25) is 0 Å². The molecule has 1 atom stereocenters. The minimum absolute atomic E-state index is 0.145. The SMILES string of the molecule is CC(=O)O.CC1(C)OB([C@H](N)Cc2ccccc2)OC1(C)C. The average molecular weight is 307 g/mol. The molecule has 1 saturated heterocycles. The highest BCUT2D eigenvalue weighted by Crippen LogP contribution is 2.37. The number of hydrogen-bond acceptors (Lipinski definition) is 4. The fourth-order valence-electron chi connectivity index (χ4n) is 2.05. The van der Waals surface area contributed by atoms with Crippen molar-refractivity contribution in [1.29, 1.82) is 0 Å². The monoisotopic (exact) mass is 307 g/mol. The van der Waals surface area contributed by atoms with E-state index in [1.54, 1.807) is 0 Å². The molecule has 0 aromatic heterocycles. The van der Waals surface area contributed by atoms with Gasteiger partial charge < -0.3 is 20.1 Å². The van der Waals surface area contributed by atoms with Gasteiger partial charge in [0.05, 0.1) is 11.2 Å². The summed E-state index contributed by atoms with van der Waals surface area (Å²) in [5, 5.41) is 7.42. The van der Waals surface area contributed by atoms with E-state index in [4.69, 9.17) is 24.9 Å². The zero-order chi connectivity index (χ0) is 17.0. The quantitative estimate of drug-likeness (QED) is 0.837. The lowest BCUT2D eigenvalue weighted by Crippen LogP contribution is -2.43. The van der Waals surface area contributed by atoms with E-state index in [0.29, 0.717) is 0 Å². The van der Waals surface area contributed by atoms with Crippen LogP contribution >= 0.6 is 0 Å². The van der Waals surface area contributed by atoms with E-state index in [1.807, 2.05) is 45.9 Å². The van der Waals surface area contributed by atoms with Crippen molar-refractivity contribution in [3.05, 3.63) is 35.9 Å². The van der Waals surface area contributed by atoms with Crippen LogP contribution < -0.4 is 5.73 Å². The fourth-order valence-corrected chi connectivity index (χ4v) is 2.05. The van der Waals surface area contributed by atoms with Gasteiger partial charge >= 0.3 is 7.12 Å². The van der Waals surface area contributed by atoms with Crippen LogP contribution in [0.1, 0.15) is 40.2 Å². The van der Waals surface area contributed by atoms with Crippen LogP contribution in [-0.4, -0.2) is 35.3 Å². The molecule has 5 nitrogen and oxygen atoms in total. The van der Waals surface area contributed by atoms with Gasteiger partial charge in [0, 0.05) is 12.9 Å². The molecule has 1 fully saturated rings. The Morgan fingerprint density at radius 2 is 1.59 bits per heavy atom. The van der Waals surface area contributed by atoms with Crippen LogP contribution in [0, 0.1) is 0 Å². The van der Waals surface area contributed by atoms with Gasteiger partial charge in [-0.05, 0) is 39.7 Å².